The van der Waals surface area contributed by atoms with Crippen molar-refractivity contribution in [3.8, 4) is 5.75 Å². The Balaban J connectivity index is 1.98. The summed E-state index contributed by atoms with van der Waals surface area (Å²) in [6, 6.07) is 6.87. The maximum absolute atomic E-state index is 12.2. The second-order valence-electron chi connectivity index (χ2n) is 5.57. The number of carbonyl (C=O) groups is 1. The number of benzene rings is 1. The van der Waals surface area contributed by atoms with Gasteiger partial charge in [-0.05, 0) is 37.5 Å². The SMILES string of the molecule is C[C@@H](C(=O)NC1CCCC1)c1ccc(OS(C)(=O)=O)cc1. The van der Waals surface area contributed by atoms with E-state index in [1.165, 1.54) is 12.8 Å². The van der Waals surface area contributed by atoms with Gasteiger partial charge in [0.15, 0.2) is 0 Å². The van der Waals surface area contributed by atoms with Crippen LogP contribution in [0.3, 0.4) is 0 Å². The van der Waals surface area contributed by atoms with E-state index in [2.05, 4.69) is 5.32 Å². The molecule has 1 aliphatic rings. The topological polar surface area (TPSA) is 72.5 Å². The molecule has 0 aliphatic heterocycles. The third kappa shape index (κ3) is 4.74. The molecule has 1 N–H and O–H groups in total. The predicted octanol–water partition coefficient (Wildman–Crippen LogP) is 2.19. The van der Waals surface area contributed by atoms with Crippen LogP contribution < -0.4 is 9.50 Å². The number of carbonyl (C=O) groups excluding carboxylic acids is 1. The molecule has 1 aromatic rings. The molecule has 0 radical (unpaired) electrons. The molecule has 1 saturated carbocycles. The molecule has 0 bridgehead atoms. The van der Waals surface area contributed by atoms with Crippen LogP contribution in [-0.2, 0) is 14.9 Å². The van der Waals surface area contributed by atoms with Crippen LogP contribution in [0.4, 0.5) is 0 Å². The lowest BCUT2D eigenvalue weighted by molar-refractivity contribution is -0.122. The predicted molar refractivity (Wildman–Crippen MR) is 80.7 cm³/mol. The van der Waals surface area contributed by atoms with Gasteiger partial charge in [-0.1, -0.05) is 25.0 Å². The molecular weight excluding hydrogens is 290 g/mol. The molecule has 21 heavy (non-hydrogen) atoms. The van der Waals surface area contributed by atoms with E-state index in [0.29, 0.717) is 6.04 Å². The van der Waals surface area contributed by atoms with E-state index in [1.807, 2.05) is 6.92 Å². The van der Waals surface area contributed by atoms with Crippen molar-refractivity contribution in [3.05, 3.63) is 29.8 Å². The molecule has 2 rings (SSSR count). The fourth-order valence-corrected chi connectivity index (χ4v) is 3.00. The second-order valence-corrected chi connectivity index (χ2v) is 7.14. The van der Waals surface area contributed by atoms with Crippen LogP contribution >= 0.6 is 0 Å². The Morgan fingerprint density at radius 2 is 1.81 bits per heavy atom. The highest BCUT2D eigenvalue weighted by Gasteiger charge is 2.21. The average Bonchev–Trinajstić information content (AvgIpc) is 2.90. The van der Waals surface area contributed by atoms with Crippen molar-refractivity contribution in [2.75, 3.05) is 6.26 Å². The Bertz CT molecular complexity index is 589. The lowest BCUT2D eigenvalue weighted by atomic mass is 10.00. The first kappa shape index (κ1) is 15.8. The van der Waals surface area contributed by atoms with Crippen LogP contribution in [-0.4, -0.2) is 26.6 Å². The third-order valence-electron chi connectivity index (χ3n) is 3.72. The Hall–Kier alpha value is -1.56. The van der Waals surface area contributed by atoms with Gasteiger partial charge in [0.1, 0.15) is 5.75 Å². The first-order valence-corrected chi connectivity index (χ1v) is 8.96. The van der Waals surface area contributed by atoms with E-state index < -0.39 is 10.1 Å². The Kier molecular flexibility index (Phi) is 4.88. The van der Waals surface area contributed by atoms with Crippen molar-refractivity contribution < 1.29 is 17.4 Å². The zero-order valence-corrected chi connectivity index (χ0v) is 13.2. The largest absolute Gasteiger partial charge is 0.383 e. The average molecular weight is 311 g/mol. The molecule has 1 amide bonds. The Morgan fingerprint density at radius 3 is 2.33 bits per heavy atom. The van der Waals surface area contributed by atoms with Gasteiger partial charge in [0, 0.05) is 6.04 Å². The van der Waals surface area contributed by atoms with Gasteiger partial charge in [0.05, 0.1) is 12.2 Å². The van der Waals surface area contributed by atoms with Gasteiger partial charge in [-0.3, -0.25) is 4.79 Å². The van der Waals surface area contributed by atoms with Gasteiger partial charge in [-0.25, -0.2) is 0 Å². The van der Waals surface area contributed by atoms with E-state index >= 15 is 0 Å². The van der Waals surface area contributed by atoms with Gasteiger partial charge in [0.2, 0.25) is 5.91 Å². The summed E-state index contributed by atoms with van der Waals surface area (Å²) in [4.78, 5) is 12.2. The molecule has 116 valence electrons. The van der Waals surface area contributed by atoms with Crippen molar-refractivity contribution in [2.45, 2.75) is 44.6 Å². The summed E-state index contributed by atoms with van der Waals surface area (Å²) in [6.07, 6.45) is 5.46. The maximum Gasteiger partial charge on any atom is 0.306 e. The zero-order chi connectivity index (χ0) is 15.5. The van der Waals surface area contributed by atoms with Gasteiger partial charge in [-0.15, -0.1) is 0 Å². The minimum Gasteiger partial charge on any atom is -0.383 e. The maximum atomic E-state index is 12.2. The lowest BCUT2D eigenvalue weighted by Crippen LogP contribution is -2.35. The third-order valence-corrected chi connectivity index (χ3v) is 4.22. The van der Waals surface area contributed by atoms with Crippen LogP contribution in [0.5, 0.6) is 5.75 Å². The van der Waals surface area contributed by atoms with Crippen LogP contribution in [0.25, 0.3) is 0 Å². The van der Waals surface area contributed by atoms with E-state index in [-0.39, 0.29) is 17.6 Å². The smallest absolute Gasteiger partial charge is 0.306 e. The van der Waals surface area contributed by atoms with Crippen LogP contribution in [0.2, 0.25) is 0 Å². The first-order chi connectivity index (χ1) is 9.85. The highest BCUT2D eigenvalue weighted by Crippen LogP contribution is 2.22. The van der Waals surface area contributed by atoms with Crippen molar-refractivity contribution in [1.29, 1.82) is 0 Å². The van der Waals surface area contributed by atoms with Crippen molar-refractivity contribution >= 4 is 16.0 Å². The highest BCUT2D eigenvalue weighted by molar-refractivity contribution is 7.86. The Morgan fingerprint density at radius 1 is 1.24 bits per heavy atom. The van der Waals surface area contributed by atoms with E-state index in [9.17, 15) is 13.2 Å². The first-order valence-electron chi connectivity index (χ1n) is 7.15. The molecule has 0 heterocycles. The monoisotopic (exact) mass is 311 g/mol. The summed E-state index contributed by atoms with van der Waals surface area (Å²) in [6.45, 7) is 1.84. The van der Waals surface area contributed by atoms with E-state index in [1.54, 1.807) is 24.3 Å². The van der Waals surface area contributed by atoms with E-state index in [0.717, 1.165) is 24.7 Å². The molecule has 6 heteroatoms. The summed E-state index contributed by atoms with van der Waals surface area (Å²) >= 11 is 0. The number of nitrogens with one attached hydrogen (secondary N) is 1. The van der Waals surface area contributed by atoms with Crippen LogP contribution in [0, 0.1) is 0 Å². The summed E-state index contributed by atoms with van der Waals surface area (Å²) in [7, 11) is -3.52. The van der Waals surface area contributed by atoms with E-state index in [4.69, 9.17) is 4.18 Å². The summed E-state index contributed by atoms with van der Waals surface area (Å²) in [5, 5.41) is 3.06. The van der Waals surface area contributed by atoms with Crippen LogP contribution in [0.1, 0.15) is 44.1 Å². The quantitative estimate of drug-likeness (QED) is 0.846. The summed E-state index contributed by atoms with van der Waals surface area (Å²) in [5.74, 6) is 0.00113. The number of hydrogen-bond donors (Lipinski definition) is 1. The molecule has 1 atom stereocenters. The fourth-order valence-electron chi connectivity index (χ4n) is 2.53. The molecule has 0 spiro atoms. The molecule has 1 fully saturated rings. The number of rotatable bonds is 5. The highest BCUT2D eigenvalue weighted by atomic mass is 32.2. The second kappa shape index (κ2) is 6.47. The van der Waals surface area contributed by atoms with Crippen molar-refractivity contribution in [1.82, 2.24) is 5.32 Å². The number of hydrogen-bond acceptors (Lipinski definition) is 4. The minimum atomic E-state index is -3.52. The molecule has 1 aliphatic carbocycles. The fraction of sp³-hybridized carbons (Fsp3) is 0.533. The normalized spacial score (nSPS) is 17.4. The summed E-state index contributed by atoms with van der Waals surface area (Å²) < 4.78 is 26.8. The van der Waals surface area contributed by atoms with Gasteiger partial charge < -0.3 is 9.50 Å². The molecule has 1 aromatic carbocycles. The van der Waals surface area contributed by atoms with Crippen molar-refractivity contribution in [2.24, 2.45) is 0 Å². The van der Waals surface area contributed by atoms with Crippen LogP contribution in [0.15, 0.2) is 24.3 Å². The molecule has 0 saturated heterocycles. The standard InChI is InChI=1S/C15H21NO4S/c1-11(15(17)16-13-5-3-4-6-13)12-7-9-14(10-8-12)20-21(2,18)19/h7-11,13H,3-6H2,1-2H3,(H,16,17)/t11-/m1/s1. The number of amides is 1. The molecule has 5 nitrogen and oxygen atoms in total. The Labute approximate surface area is 125 Å². The minimum absolute atomic E-state index is 0.0127. The van der Waals surface area contributed by atoms with Gasteiger partial charge >= 0.3 is 10.1 Å². The van der Waals surface area contributed by atoms with Crippen molar-refractivity contribution in [3.63, 3.8) is 0 Å². The molecular formula is C15H21NO4S. The molecule has 0 aromatic heterocycles. The molecule has 0 unspecified atom stereocenters. The lowest BCUT2D eigenvalue weighted by Gasteiger charge is -2.17. The summed E-state index contributed by atoms with van der Waals surface area (Å²) in [5.41, 5.74) is 0.839. The van der Waals surface area contributed by atoms with Gasteiger partial charge in [-0.2, -0.15) is 8.42 Å². The van der Waals surface area contributed by atoms with Gasteiger partial charge in [0.25, 0.3) is 0 Å². The zero-order valence-electron chi connectivity index (χ0n) is 12.3.